The number of anilines is 1. The molecule has 1 fully saturated rings. The summed E-state index contributed by atoms with van der Waals surface area (Å²) in [5, 5.41) is 2.63. The number of alkyl halides is 3. The van der Waals surface area contributed by atoms with E-state index in [1.807, 2.05) is 6.92 Å². The first-order valence-corrected chi connectivity index (χ1v) is 10.0. The second kappa shape index (κ2) is 9.78. The molecule has 1 aliphatic rings. The summed E-state index contributed by atoms with van der Waals surface area (Å²) in [7, 11) is 0. The van der Waals surface area contributed by atoms with E-state index in [-0.39, 0.29) is 5.56 Å². The minimum Gasteiger partial charge on any atom is -0.403 e. The molecule has 2 aromatic rings. The first kappa shape index (κ1) is 23.2. The number of ether oxygens (including phenoxy) is 1. The smallest absolute Gasteiger partial charge is 0.403 e. The Hall–Kier alpha value is -3.46. The Morgan fingerprint density at radius 2 is 1.88 bits per heavy atom. The van der Waals surface area contributed by atoms with Gasteiger partial charge in [-0.1, -0.05) is 12.1 Å². The Morgan fingerprint density at radius 1 is 1.16 bits per heavy atom. The number of hydrogen-bond donors (Lipinski definition) is 3. The first-order valence-electron chi connectivity index (χ1n) is 10.0. The van der Waals surface area contributed by atoms with Gasteiger partial charge in [0.25, 0.3) is 5.91 Å². The fourth-order valence-electron chi connectivity index (χ4n) is 3.35. The maximum Gasteiger partial charge on any atom is 0.416 e. The van der Waals surface area contributed by atoms with Crippen LogP contribution >= 0.6 is 0 Å². The summed E-state index contributed by atoms with van der Waals surface area (Å²) in [4.78, 5) is 14.6. The van der Waals surface area contributed by atoms with Gasteiger partial charge in [-0.05, 0) is 48.9 Å². The van der Waals surface area contributed by atoms with Crippen LogP contribution in [0.3, 0.4) is 0 Å². The van der Waals surface area contributed by atoms with Crippen LogP contribution in [-0.4, -0.2) is 37.1 Å². The molecule has 6 nitrogen and oxygen atoms in total. The highest BCUT2D eigenvalue weighted by atomic mass is 19.4. The van der Waals surface area contributed by atoms with Gasteiger partial charge < -0.3 is 26.4 Å². The molecular weight excluding hydrogens is 421 g/mol. The molecule has 2 aromatic carbocycles. The fraction of sp³-hybridized carbons (Fsp3) is 0.261. The quantitative estimate of drug-likeness (QED) is 0.609. The number of halogens is 3. The van der Waals surface area contributed by atoms with Gasteiger partial charge in [0.2, 0.25) is 0 Å². The van der Waals surface area contributed by atoms with E-state index in [2.05, 4.69) is 10.2 Å². The van der Waals surface area contributed by atoms with Crippen molar-refractivity contribution in [2.75, 3.05) is 31.6 Å². The van der Waals surface area contributed by atoms with Crippen LogP contribution in [0.4, 0.5) is 18.9 Å². The summed E-state index contributed by atoms with van der Waals surface area (Å²) >= 11 is 0. The van der Waals surface area contributed by atoms with Gasteiger partial charge in [-0.3, -0.25) is 4.79 Å². The van der Waals surface area contributed by atoms with Gasteiger partial charge in [-0.15, -0.1) is 0 Å². The zero-order valence-corrected chi connectivity index (χ0v) is 17.6. The molecular formula is C23H25F3N4O2. The van der Waals surface area contributed by atoms with Gasteiger partial charge in [0, 0.05) is 41.8 Å². The molecule has 0 saturated carbocycles. The Bertz CT molecular complexity index is 1040. The summed E-state index contributed by atoms with van der Waals surface area (Å²) in [6.45, 7) is 4.45. The number of nitrogens with two attached hydrogens (primary N) is 2. The maximum absolute atomic E-state index is 12.9. The summed E-state index contributed by atoms with van der Waals surface area (Å²) in [6.07, 6.45) is -1.29. The monoisotopic (exact) mass is 446 g/mol. The zero-order valence-electron chi connectivity index (χ0n) is 17.6. The number of allylic oxidation sites excluding steroid dienone is 1. The second-order valence-corrected chi connectivity index (χ2v) is 7.35. The SMILES string of the molecule is Cc1ccc(NC(=O)c2cccc(C(F)(F)F)c2)cc1/C(N)=C/C(=C\N)N1CCOCC1. The van der Waals surface area contributed by atoms with E-state index < -0.39 is 17.6 Å². The highest BCUT2D eigenvalue weighted by Crippen LogP contribution is 2.30. The average Bonchev–Trinajstić information content (AvgIpc) is 2.78. The zero-order chi connectivity index (χ0) is 23.3. The molecule has 0 radical (unpaired) electrons. The second-order valence-electron chi connectivity index (χ2n) is 7.35. The van der Waals surface area contributed by atoms with E-state index in [9.17, 15) is 18.0 Å². The van der Waals surface area contributed by atoms with E-state index in [0.29, 0.717) is 43.3 Å². The topological polar surface area (TPSA) is 93.6 Å². The van der Waals surface area contributed by atoms with Gasteiger partial charge >= 0.3 is 6.18 Å². The molecule has 0 bridgehead atoms. The van der Waals surface area contributed by atoms with Crippen LogP contribution in [0.25, 0.3) is 5.70 Å². The standard InChI is InChI=1S/C23H25F3N4O2/c1-15-5-6-18(29-22(31)16-3-2-4-17(11-16)23(24,25)26)12-20(15)21(28)13-19(14-27)30-7-9-32-10-8-30/h2-6,11-14H,7-10,27-28H2,1H3,(H,29,31)/b19-14+,21-13-. The van der Waals surface area contributed by atoms with E-state index in [1.165, 1.54) is 18.3 Å². The van der Waals surface area contributed by atoms with Crippen molar-refractivity contribution in [2.24, 2.45) is 11.5 Å². The maximum atomic E-state index is 12.9. The van der Waals surface area contributed by atoms with Crippen molar-refractivity contribution < 1.29 is 22.7 Å². The third-order valence-electron chi connectivity index (χ3n) is 5.11. The van der Waals surface area contributed by atoms with Crippen LogP contribution < -0.4 is 16.8 Å². The minimum atomic E-state index is -4.53. The minimum absolute atomic E-state index is 0.0915. The van der Waals surface area contributed by atoms with Crippen LogP contribution in [0.1, 0.15) is 27.0 Å². The molecule has 0 unspecified atom stereocenters. The van der Waals surface area contributed by atoms with Crippen molar-refractivity contribution in [3.63, 3.8) is 0 Å². The van der Waals surface area contributed by atoms with Crippen LogP contribution in [0, 0.1) is 6.92 Å². The molecule has 0 spiro atoms. The molecule has 5 N–H and O–H groups in total. The Balaban J connectivity index is 1.81. The van der Waals surface area contributed by atoms with E-state index in [0.717, 1.165) is 23.4 Å². The average molecular weight is 446 g/mol. The van der Waals surface area contributed by atoms with Crippen LogP contribution in [0.5, 0.6) is 0 Å². The predicted octanol–water partition coefficient (Wildman–Crippen LogP) is 3.70. The van der Waals surface area contributed by atoms with Crippen molar-refractivity contribution in [1.29, 1.82) is 0 Å². The van der Waals surface area contributed by atoms with E-state index in [4.69, 9.17) is 16.2 Å². The van der Waals surface area contributed by atoms with E-state index in [1.54, 1.807) is 24.3 Å². The Labute approximate surface area is 184 Å². The third-order valence-corrected chi connectivity index (χ3v) is 5.11. The van der Waals surface area contributed by atoms with Gasteiger partial charge in [0.15, 0.2) is 0 Å². The van der Waals surface area contributed by atoms with Gasteiger partial charge in [0.05, 0.1) is 24.5 Å². The third kappa shape index (κ3) is 5.61. The van der Waals surface area contributed by atoms with Crippen molar-refractivity contribution in [3.05, 3.63) is 82.7 Å². The molecule has 1 heterocycles. The van der Waals surface area contributed by atoms with Crippen LogP contribution in [0.2, 0.25) is 0 Å². The number of carbonyl (C=O) groups is 1. The number of aryl methyl sites for hydroxylation is 1. The lowest BCUT2D eigenvalue weighted by atomic mass is 10.0. The van der Waals surface area contributed by atoms with Gasteiger partial charge in [0.1, 0.15) is 0 Å². The summed E-state index contributed by atoms with van der Waals surface area (Å²) in [5.74, 6) is -0.649. The molecule has 32 heavy (non-hydrogen) atoms. The lowest BCUT2D eigenvalue weighted by molar-refractivity contribution is -0.137. The van der Waals surface area contributed by atoms with Crippen molar-refractivity contribution in [3.8, 4) is 0 Å². The van der Waals surface area contributed by atoms with Crippen molar-refractivity contribution >= 4 is 17.3 Å². The number of hydrogen-bond acceptors (Lipinski definition) is 5. The molecule has 9 heteroatoms. The lowest BCUT2D eigenvalue weighted by Gasteiger charge is -2.29. The lowest BCUT2D eigenvalue weighted by Crippen LogP contribution is -2.35. The normalized spacial score (nSPS) is 15.6. The molecule has 170 valence electrons. The van der Waals surface area contributed by atoms with E-state index >= 15 is 0 Å². The number of rotatable bonds is 5. The number of nitrogens with zero attached hydrogens (tertiary/aromatic N) is 1. The summed E-state index contributed by atoms with van der Waals surface area (Å²) < 4.78 is 44.2. The molecule has 0 aliphatic carbocycles. The molecule has 1 saturated heterocycles. The Morgan fingerprint density at radius 3 is 2.53 bits per heavy atom. The highest BCUT2D eigenvalue weighted by molar-refractivity contribution is 6.04. The molecule has 1 amide bonds. The molecule has 3 rings (SSSR count). The van der Waals surface area contributed by atoms with Gasteiger partial charge in [-0.25, -0.2) is 0 Å². The number of nitrogens with one attached hydrogen (secondary N) is 1. The fourth-order valence-corrected chi connectivity index (χ4v) is 3.35. The van der Waals surface area contributed by atoms with Crippen LogP contribution in [-0.2, 0) is 10.9 Å². The molecule has 1 aliphatic heterocycles. The number of morpholine rings is 1. The number of amides is 1. The number of carbonyl (C=O) groups excluding carboxylic acids is 1. The van der Waals surface area contributed by atoms with Crippen molar-refractivity contribution in [2.45, 2.75) is 13.1 Å². The Kier molecular flexibility index (Phi) is 7.09. The van der Waals surface area contributed by atoms with Gasteiger partial charge in [-0.2, -0.15) is 13.2 Å². The van der Waals surface area contributed by atoms with Crippen LogP contribution in [0.15, 0.2) is 60.4 Å². The van der Waals surface area contributed by atoms with Crippen molar-refractivity contribution in [1.82, 2.24) is 4.90 Å². The summed E-state index contributed by atoms with van der Waals surface area (Å²) in [6, 6.07) is 9.39. The summed E-state index contributed by atoms with van der Waals surface area (Å²) in [5.41, 5.74) is 14.3. The largest absolute Gasteiger partial charge is 0.416 e. The number of benzene rings is 2. The first-order chi connectivity index (χ1) is 15.2. The molecule has 0 aromatic heterocycles. The highest BCUT2D eigenvalue weighted by Gasteiger charge is 2.30. The predicted molar refractivity (Wildman–Crippen MR) is 117 cm³/mol. The molecule has 0 atom stereocenters.